The highest BCUT2D eigenvalue weighted by atomic mass is 32.2. The molecule has 0 radical (unpaired) electrons. The molecule has 0 saturated heterocycles. The number of aliphatic hydroxyl groups is 1. The number of aliphatic hydroxyl groups excluding tert-OH is 1. The molecule has 0 aromatic carbocycles. The van der Waals surface area contributed by atoms with Crippen molar-refractivity contribution >= 4 is 10.0 Å². The van der Waals surface area contributed by atoms with Crippen molar-refractivity contribution in [2.75, 3.05) is 25.4 Å². The summed E-state index contributed by atoms with van der Waals surface area (Å²) in [4.78, 5) is 0. The van der Waals surface area contributed by atoms with E-state index < -0.39 is 10.0 Å². The van der Waals surface area contributed by atoms with Gasteiger partial charge in [0.15, 0.2) is 0 Å². The molecule has 108 valence electrons. The van der Waals surface area contributed by atoms with E-state index in [1.165, 1.54) is 4.31 Å². The molecule has 0 bridgehead atoms. The van der Waals surface area contributed by atoms with Gasteiger partial charge in [0.05, 0.1) is 12.4 Å². The quantitative estimate of drug-likeness (QED) is 0.680. The Kier molecular flexibility index (Phi) is 6.55. The molecule has 2 N–H and O–H groups in total. The third kappa shape index (κ3) is 4.84. The smallest absolute Gasteiger partial charge is 0.215 e. The summed E-state index contributed by atoms with van der Waals surface area (Å²) < 4.78 is 26.0. The van der Waals surface area contributed by atoms with Gasteiger partial charge in [0.25, 0.3) is 0 Å². The van der Waals surface area contributed by atoms with Crippen LogP contribution < -0.4 is 5.32 Å². The summed E-state index contributed by atoms with van der Waals surface area (Å²) in [7, 11) is -3.25. The van der Waals surface area contributed by atoms with E-state index in [9.17, 15) is 8.42 Å². The van der Waals surface area contributed by atoms with Crippen molar-refractivity contribution in [3.63, 3.8) is 0 Å². The molecular formula is C12H26N2O3S. The molecule has 1 aliphatic rings. The third-order valence-corrected chi connectivity index (χ3v) is 5.24. The molecule has 5 nitrogen and oxygen atoms in total. The molecule has 18 heavy (non-hydrogen) atoms. The summed E-state index contributed by atoms with van der Waals surface area (Å²) in [5.41, 5.74) is 0. The number of sulfonamides is 1. The normalized spacial score (nSPS) is 18.1. The van der Waals surface area contributed by atoms with Gasteiger partial charge < -0.3 is 10.4 Å². The molecule has 0 atom stereocenters. The lowest BCUT2D eigenvalue weighted by Gasteiger charge is -2.27. The number of hydrogen-bond acceptors (Lipinski definition) is 4. The molecule has 0 spiro atoms. The summed E-state index contributed by atoms with van der Waals surface area (Å²) in [5.74, 6) is 0.113. The lowest BCUT2D eigenvalue weighted by Crippen LogP contribution is -2.44. The van der Waals surface area contributed by atoms with E-state index >= 15 is 0 Å². The van der Waals surface area contributed by atoms with Gasteiger partial charge >= 0.3 is 0 Å². The predicted molar refractivity (Wildman–Crippen MR) is 73.0 cm³/mol. The second-order valence-corrected chi connectivity index (χ2v) is 7.24. The fourth-order valence-electron chi connectivity index (χ4n) is 2.43. The fraction of sp³-hybridized carbons (Fsp3) is 1.00. The summed E-state index contributed by atoms with van der Waals surface area (Å²) in [5, 5.41) is 12.2. The molecule has 0 aromatic rings. The van der Waals surface area contributed by atoms with Gasteiger partial charge in [-0.2, -0.15) is 4.31 Å². The topological polar surface area (TPSA) is 69.6 Å². The van der Waals surface area contributed by atoms with Crippen molar-refractivity contribution < 1.29 is 13.5 Å². The van der Waals surface area contributed by atoms with E-state index in [1.807, 2.05) is 13.8 Å². The third-order valence-electron chi connectivity index (χ3n) is 3.32. The van der Waals surface area contributed by atoms with Crippen LogP contribution >= 0.6 is 0 Å². The van der Waals surface area contributed by atoms with E-state index in [-0.39, 0.29) is 31.0 Å². The molecule has 1 saturated carbocycles. The van der Waals surface area contributed by atoms with Gasteiger partial charge in [-0.25, -0.2) is 8.42 Å². The van der Waals surface area contributed by atoms with Crippen molar-refractivity contribution in [3.05, 3.63) is 0 Å². The van der Waals surface area contributed by atoms with Gasteiger partial charge in [0.2, 0.25) is 10.0 Å². The largest absolute Gasteiger partial charge is 0.395 e. The molecule has 0 unspecified atom stereocenters. The average Bonchev–Trinajstić information content (AvgIpc) is 2.77. The summed E-state index contributed by atoms with van der Waals surface area (Å²) >= 11 is 0. The highest BCUT2D eigenvalue weighted by Crippen LogP contribution is 2.25. The van der Waals surface area contributed by atoms with Crippen LogP contribution in [-0.2, 0) is 10.0 Å². The first kappa shape index (κ1) is 15.9. The zero-order valence-corrected chi connectivity index (χ0v) is 12.2. The maximum atomic E-state index is 12.3. The van der Waals surface area contributed by atoms with E-state index in [0.717, 1.165) is 25.7 Å². The molecule has 0 aliphatic heterocycles. The second kappa shape index (κ2) is 7.43. The first-order chi connectivity index (χ1) is 8.47. The molecule has 1 aliphatic carbocycles. The SMILES string of the molecule is CC(C)NCCS(=O)(=O)N(CCO)C1CCCC1. The Morgan fingerprint density at radius 1 is 1.33 bits per heavy atom. The van der Waals surface area contributed by atoms with Gasteiger partial charge in [-0.1, -0.05) is 26.7 Å². The lowest BCUT2D eigenvalue weighted by atomic mass is 10.2. The number of nitrogens with one attached hydrogen (secondary N) is 1. The Bertz CT molecular complexity index is 324. The zero-order chi connectivity index (χ0) is 13.6. The van der Waals surface area contributed by atoms with Gasteiger partial charge in [-0.3, -0.25) is 0 Å². The van der Waals surface area contributed by atoms with Crippen molar-refractivity contribution in [2.45, 2.75) is 51.6 Å². The van der Waals surface area contributed by atoms with Gasteiger partial charge in [-0.05, 0) is 12.8 Å². The van der Waals surface area contributed by atoms with Crippen molar-refractivity contribution in [3.8, 4) is 0 Å². The van der Waals surface area contributed by atoms with Crippen LogP contribution in [0, 0.1) is 0 Å². The second-order valence-electron chi connectivity index (χ2n) is 5.20. The monoisotopic (exact) mass is 278 g/mol. The average molecular weight is 278 g/mol. The van der Waals surface area contributed by atoms with Crippen LogP contribution in [0.4, 0.5) is 0 Å². The molecule has 0 aromatic heterocycles. The molecule has 1 fully saturated rings. The minimum atomic E-state index is -3.25. The van der Waals surface area contributed by atoms with Gasteiger partial charge in [0, 0.05) is 25.2 Å². The Hall–Kier alpha value is -0.170. The van der Waals surface area contributed by atoms with Crippen LogP contribution in [0.3, 0.4) is 0 Å². The zero-order valence-electron chi connectivity index (χ0n) is 11.4. The first-order valence-electron chi connectivity index (χ1n) is 6.81. The molecule has 0 heterocycles. The van der Waals surface area contributed by atoms with Crippen LogP contribution in [0.25, 0.3) is 0 Å². The molecular weight excluding hydrogens is 252 g/mol. The molecule has 0 amide bonds. The minimum absolute atomic E-state index is 0.0983. The maximum Gasteiger partial charge on any atom is 0.215 e. The van der Waals surface area contributed by atoms with Crippen molar-refractivity contribution in [1.82, 2.24) is 9.62 Å². The number of rotatable bonds is 8. The van der Waals surface area contributed by atoms with Crippen LogP contribution in [0.2, 0.25) is 0 Å². The van der Waals surface area contributed by atoms with Gasteiger partial charge in [0.1, 0.15) is 0 Å². The van der Waals surface area contributed by atoms with E-state index in [0.29, 0.717) is 6.54 Å². The number of hydrogen-bond donors (Lipinski definition) is 2. The summed E-state index contributed by atoms with van der Waals surface area (Å²) in [6.07, 6.45) is 4.03. The van der Waals surface area contributed by atoms with Crippen molar-refractivity contribution in [1.29, 1.82) is 0 Å². The Labute approximate surface area is 111 Å². The molecule has 1 rings (SSSR count). The van der Waals surface area contributed by atoms with E-state index in [4.69, 9.17) is 5.11 Å². The highest BCUT2D eigenvalue weighted by Gasteiger charge is 2.31. The first-order valence-corrected chi connectivity index (χ1v) is 8.42. The van der Waals surface area contributed by atoms with Crippen LogP contribution in [0.5, 0.6) is 0 Å². The maximum absolute atomic E-state index is 12.3. The fourth-order valence-corrected chi connectivity index (χ4v) is 4.07. The van der Waals surface area contributed by atoms with Crippen molar-refractivity contribution in [2.24, 2.45) is 0 Å². The standard InChI is InChI=1S/C12H26N2O3S/c1-11(2)13-7-10-18(16,17)14(8-9-15)12-5-3-4-6-12/h11-13,15H,3-10H2,1-2H3. The Morgan fingerprint density at radius 3 is 2.44 bits per heavy atom. The van der Waals surface area contributed by atoms with Crippen LogP contribution in [-0.4, -0.2) is 55.4 Å². The number of nitrogens with zero attached hydrogens (tertiary/aromatic N) is 1. The Morgan fingerprint density at radius 2 is 1.94 bits per heavy atom. The van der Waals surface area contributed by atoms with Crippen LogP contribution in [0.15, 0.2) is 0 Å². The lowest BCUT2D eigenvalue weighted by molar-refractivity contribution is 0.226. The highest BCUT2D eigenvalue weighted by molar-refractivity contribution is 7.89. The molecule has 6 heteroatoms. The van der Waals surface area contributed by atoms with E-state index in [1.54, 1.807) is 0 Å². The Balaban J connectivity index is 2.58. The summed E-state index contributed by atoms with van der Waals surface area (Å²) in [6.45, 7) is 4.58. The minimum Gasteiger partial charge on any atom is -0.395 e. The predicted octanol–water partition coefficient (Wildman–Crippen LogP) is 0.551. The summed E-state index contributed by atoms with van der Waals surface area (Å²) in [6, 6.07) is 0.388. The van der Waals surface area contributed by atoms with Crippen LogP contribution in [0.1, 0.15) is 39.5 Å². The van der Waals surface area contributed by atoms with E-state index in [2.05, 4.69) is 5.32 Å². The van der Waals surface area contributed by atoms with Gasteiger partial charge in [-0.15, -0.1) is 0 Å².